The predicted octanol–water partition coefficient (Wildman–Crippen LogP) is 5.66. The summed E-state index contributed by atoms with van der Waals surface area (Å²) in [5.74, 6) is 0. The maximum Gasteiger partial charge on any atom is 0.416 e. The van der Waals surface area contributed by atoms with Crippen LogP contribution in [0.3, 0.4) is 0 Å². The molecular weight excluding hydrogens is 365 g/mol. The third-order valence-corrected chi connectivity index (χ3v) is 4.26. The van der Waals surface area contributed by atoms with Crippen molar-refractivity contribution in [2.45, 2.75) is 38.0 Å². The topological polar surface area (TPSA) is 38.0 Å². The third kappa shape index (κ3) is 7.05. The van der Waals surface area contributed by atoms with Crippen LogP contribution >= 0.6 is 24.0 Å². The summed E-state index contributed by atoms with van der Waals surface area (Å²) in [6.07, 6.45) is -5.20. The molecule has 25 heavy (non-hydrogen) atoms. The molecule has 1 atom stereocenters. The van der Waals surface area contributed by atoms with E-state index in [1.165, 1.54) is 23.9 Å². The van der Waals surface area contributed by atoms with Crippen LogP contribution in [0, 0.1) is 6.92 Å². The summed E-state index contributed by atoms with van der Waals surface area (Å²) in [7, 11) is 0. The lowest BCUT2D eigenvalue weighted by molar-refractivity contribution is -0.137. The van der Waals surface area contributed by atoms with E-state index in [9.17, 15) is 13.2 Å². The zero-order chi connectivity index (χ0) is 19.0. The minimum absolute atomic E-state index is 0.326. The fourth-order valence-electron chi connectivity index (χ4n) is 1.86. The highest BCUT2D eigenvalue weighted by Gasteiger charge is 2.30. The SMILES string of the molecule is CC.Cc1ccc(SC(=S)NC(N)c2cccc(C(F)(F)F)c2)cc1. The molecular formula is C18H21F3N2S2. The van der Waals surface area contributed by atoms with Gasteiger partial charge in [0, 0.05) is 4.90 Å². The van der Waals surface area contributed by atoms with Gasteiger partial charge in [0.15, 0.2) is 0 Å². The largest absolute Gasteiger partial charge is 0.416 e. The second-order valence-electron chi connectivity index (χ2n) is 4.95. The van der Waals surface area contributed by atoms with E-state index in [-0.39, 0.29) is 0 Å². The van der Waals surface area contributed by atoms with Gasteiger partial charge >= 0.3 is 6.18 Å². The Bertz CT molecular complexity index is 685. The first kappa shape index (κ1) is 21.5. The Balaban J connectivity index is 0.00000151. The fourth-order valence-corrected chi connectivity index (χ4v) is 2.95. The highest BCUT2D eigenvalue weighted by atomic mass is 32.2. The van der Waals surface area contributed by atoms with E-state index in [1.807, 2.05) is 45.0 Å². The summed E-state index contributed by atoms with van der Waals surface area (Å²) < 4.78 is 38.6. The van der Waals surface area contributed by atoms with E-state index in [0.717, 1.165) is 22.6 Å². The number of thioether (sulfide) groups is 1. The second-order valence-corrected chi connectivity index (χ2v) is 6.70. The van der Waals surface area contributed by atoms with Crippen molar-refractivity contribution in [1.29, 1.82) is 0 Å². The number of benzene rings is 2. The minimum Gasteiger partial charge on any atom is -0.352 e. The Morgan fingerprint density at radius 2 is 1.72 bits per heavy atom. The van der Waals surface area contributed by atoms with Crippen molar-refractivity contribution in [3.8, 4) is 0 Å². The molecule has 0 aliphatic rings. The average molecular weight is 387 g/mol. The zero-order valence-corrected chi connectivity index (χ0v) is 15.9. The van der Waals surface area contributed by atoms with Gasteiger partial charge in [-0.3, -0.25) is 0 Å². The molecule has 0 aliphatic heterocycles. The minimum atomic E-state index is -4.40. The lowest BCUT2D eigenvalue weighted by Gasteiger charge is -2.17. The van der Waals surface area contributed by atoms with Crippen molar-refractivity contribution in [1.82, 2.24) is 5.32 Å². The fraction of sp³-hybridized carbons (Fsp3) is 0.278. The summed E-state index contributed by atoms with van der Waals surface area (Å²) in [5.41, 5.74) is 6.63. The lowest BCUT2D eigenvalue weighted by Crippen LogP contribution is -2.31. The highest BCUT2D eigenvalue weighted by Crippen LogP contribution is 2.30. The molecule has 2 aromatic rings. The highest BCUT2D eigenvalue weighted by molar-refractivity contribution is 8.23. The first-order valence-corrected chi connectivity index (χ1v) is 8.96. The van der Waals surface area contributed by atoms with E-state index < -0.39 is 17.9 Å². The van der Waals surface area contributed by atoms with Crippen LogP contribution in [0.2, 0.25) is 0 Å². The molecule has 0 amide bonds. The summed E-state index contributed by atoms with van der Waals surface area (Å²) in [5, 5.41) is 2.84. The molecule has 2 aromatic carbocycles. The number of nitrogens with two attached hydrogens (primary N) is 1. The number of hydrogen-bond donors (Lipinski definition) is 2. The Morgan fingerprint density at radius 3 is 2.28 bits per heavy atom. The van der Waals surface area contributed by atoms with Gasteiger partial charge in [-0.05, 0) is 36.8 Å². The summed E-state index contributed by atoms with van der Waals surface area (Å²) in [6.45, 7) is 5.98. The monoisotopic (exact) mass is 386 g/mol. The molecule has 2 nitrogen and oxygen atoms in total. The van der Waals surface area contributed by atoms with Crippen molar-refractivity contribution in [2.75, 3.05) is 0 Å². The quantitative estimate of drug-likeness (QED) is 0.405. The number of nitrogens with one attached hydrogen (secondary N) is 1. The molecule has 0 heterocycles. The molecule has 0 saturated carbocycles. The maximum atomic E-state index is 12.7. The van der Waals surface area contributed by atoms with Gasteiger partial charge in [-0.1, -0.05) is 67.7 Å². The van der Waals surface area contributed by atoms with Gasteiger partial charge in [0.1, 0.15) is 10.5 Å². The maximum absolute atomic E-state index is 12.7. The van der Waals surface area contributed by atoms with E-state index >= 15 is 0 Å². The standard InChI is InChI=1S/C16H15F3N2S2.C2H6/c1-10-5-7-13(8-6-10)23-15(22)21-14(20)11-3-2-4-12(9-11)16(17,18)19;1-2/h2-9,14H,20H2,1H3,(H,21,22);1-2H3. The van der Waals surface area contributed by atoms with Gasteiger partial charge < -0.3 is 11.1 Å². The smallest absolute Gasteiger partial charge is 0.352 e. The number of hydrogen-bond acceptors (Lipinski definition) is 3. The van der Waals surface area contributed by atoms with Crippen molar-refractivity contribution < 1.29 is 13.2 Å². The van der Waals surface area contributed by atoms with Crippen LogP contribution in [0.25, 0.3) is 0 Å². The average Bonchev–Trinajstić information content (AvgIpc) is 2.58. The van der Waals surface area contributed by atoms with Crippen LogP contribution in [0.4, 0.5) is 13.2 Å². The molecule has 0 spiro atoms. The molecule has 0 saturated heterocycles. The predicted molar refractivity (Wildman–Crippen MR) is 102 cm³/mol. The summed E-state index contributed by atoms with van der Waals surface area (Å²) >= 11 is 6.50. The second kappa shape index (κ2) is 9.79. The molecule has 2 rings (SSSR count). The molecule has 0 fully saturated rings. The summed E-state index contributed by atoms with van der Waals surface area (Å²) in [4.78, 5) is 0.935. The van der Waals surface area contributed by atoms with E-state index in [1.54, 1.807) is 0 Å². The van der Waals surface area contributed by atoms with Crippen LogP contribution in [-0.4, -0.2) is 4.32 Å². The van der Waals surface area contributed by atoms with Crippen LogP contribution < -0.4 is 11.1 Å². The first-order valence-electron chi connectivity index (χ1n) is 7.73. The van der Waals surface area contributed by atoms with Gasteiger partial charge in [-0.15, -0.1) is 0 Å². The molecule has 3 N–H and O–H groups in total. The molecule has 136 valence electrons. The van der Waals surface area contributed by atoms with Crippen molar-refractivity contribution >= 4 is 28.3 Å². The van der Waals surface area contributed by atoms with Gasteiger partial charge in [0.05, 0.1) is 5.56 Å². The number of aryl methyl sites for hydroxylation is 1. The van der Waals surface area contributed by atoms with Crippen LogP contribution in [0.15, 0.2) is 53.4 Å². The van der Waals surface area contributed by atoms with E-state index in [0.29, 0.717) is 9.88 Å². The molecule has 0 aromatic heterocycles. The van der Waals surface area contributed by atoms with Crippen LogP contribution in [0.1, 0.15) is 36.7 Å². The number of thiocarbonyl (C=S) groups is 1. The van der Waals surface area contributed by atoms with Gasteiger partial charge in [-0.2, -0.15) is 13.2 Å². The number of halogens is 3. The Labute approximate surface area is 156 Å². The van der Waals surface area contributed by atoms with Gasteiger partial charge in [0.2, 0.25) is 0 Å². The van der Waals surface area contributed by atoms with E-state index in [4.69, 9.17) is 18.0 Å². The third-order valence-electron chi connectivity index (χ3n) is 3.08. The Hall–Kier alpha value is -1.57. The van der Waals surface area contributed by atoms with Crippen LogP contribution in [-0.2, 0) is 6.18 Å². The zero-order valence-electron chi connectivity index (χ0n) is 14.2. The lowest BCUT2D eigenvalue weighted by atomic mass is 10.1. The van der Waals surface area contributed by atoms with Crippen molar-refractivity contribution in [3.63, 3.8) is 0 Å². The molecule has 0 bridgehead atoms. The molecule has 0 radical (unpaired) electrons. The normalized spacial score (nSPS) is 12.0. The molecule has 7 heteroatoms. The Kier molecular flexibility index (Phi) is 8.41. The molecule has 0 aliphatic carbocycles. The Morgan fingerprint density at radius 1 is 1.12 bits per heavy atom. The van der Waals surface area contributed by atoms with Gasteiger partial charge in [-0.25, -0.2) is 0 Å². The first-order chi connectivity index (χ1) is 11.8. The van der Waals surface area contributed by atoms with Crippen LogP contribution in [0.5, 0.6) is 0 Å². The van der Waals surface area contributed by atoms with Crippen molar-refractivity contribution in [2.24, 2.45) is 5.73 Å². The van der Waals surface area contributed by atoms with E-state index in [2.05, 4.69) is 5.32 Å². The summed E-state index contributed by atoms with van der Waals surface area (Å²) in [6, 6.07) is 12.7. The van der Waals surface area contributed by atoms with Crippen molar-refractivity contribution in [3.05, 3.63) is 65.2 Å². The molecule has 1 unspecified atom stereocenters. The number of alkyl halides is 3. The van der Waals surface area contributed by atoms with Gasteiger partial charge in [0.25, 0.3) is 0 Å². The number of rotatable bonds is 3.